The summed E-state index contributed by atoms with van der Waals surface area (Å²) in [7, 11) is 0. The highest BCUT2D eigenvalue weighted by Gasteiger charge is 1.94. The summed E-state index contributed by atoms with van der Waals surface area (Å²) in [5.74, 6) is 0.0657. The van der Waals surface area contributed by atoms with Crippen molar-refractivity contribution in [3.05, 3.63) is 0 Å². The van der Waals surface area contributed by atoms with Gasteiger partial charge in [-0.05, 0) is 13.8 Å². The minimum atomic E-state index is -0.222. The van der Waals surface area contributed by atoms with E-state index in [-0.39, 0.29) is 86.6 Å². The normalized spacial score (nSPS) is 7.60. The van der Waals surface area contributed by atoms with Crippen molar-refractivity contribution in [1.82, 2.24) is 0 Å². The summed E-state index contributed by atoms with van der Waals surface area (Å²) < 4.78 is 5.01. The molecule has 0 aliphatic heterocycles. The standard InChI is InChI=1S/C5H13N3O.6ClH/c1-3-9-4(2)8-5(6)7;;;;;;/h4H,3H2,1-2H3,(H4,6,7,8);6*1H. The summed E-state index contributed by atoms with van der Waals surface area (Å²) in [5.41, 5.74) is 10.1. The molecule has 0 radical (unpaired) electrons. The van der Waals surface area contributed by atoms with Gasteiger partial charge in [0.15, 0.2) is 5.96 Å². The van der Waals surface area contributed by atoms with Crippen LogP contribution in [-0.4, -0.2) is 18.8 Å². The molecule has 0 fully saturated rings. The average molecular weight is 350 g/mol. The molecule has 0 heterocycles. The lowest BCUT2D eigenvalue weighted by Crippen LogP contribution is -2.25. The van der Waals surface area contributed by atoms with E-state index in [1.807, 2.05) is 6.92 Å². The SMILES string of the molecule is CCOC(C)N=C(N)N.Cl.Cl.Cl.Cl.Cl.Cl. The third-order valence-corrected chi connectivity index (χ3v) is 0.739. The highest BCUT2D eigenvalue weighted by Crippen LogP contribution is 1.89. The molecule has 0 bridgehead atoms. The monoisotopic (exact) mass is 347 g/mol. The quantitative estimate of drug-likeness (QED) is 0.605. The molecule has 1 atom stereocenters. The Morgan fingerprint density at radius 2 is 1.40 bits per heavy atom. The van der Waals surface area contributed by atoms with Crippen molar-refractivity contribution in [1.29, 1.82) is 0 Å². The van der Waals surface area contributed by atoms with Gasteiger partial charge in [0.1, 0.15) is 6.23 Å². The van der Waals surface area contributed by atoms with Crippen molar-refractivity contribution in [3.8, 4) is 0 Å². The van der Waals surface area contributed by atoms with Crippen LogP contribution >= 0.6 is 74.4 Å². The molecule has 0 saturated carbocycles. The van der Waals surface area contributed by atoms with E-state index in [1.165, 1.54) is 0 Å². The Morgan fingerprint density at radius 1 is 1.07 bits per heavy atom. The third kappa shape index (κ3) is 39.6. The molecule has 102 valence electrons. The van der Waals surface area contributed by atoms with Gasteiger partial charge in [-0.2, -0.15) is 0 Å². The minimum Gasteiger partial charge on any atom is -0.370 e. The smallest absolute Gasteiger partial charge is 0.188 e. The number of ether oxygens (including phenoxy) is 1. The van der Waals surface area contributed by atoms with Crippen molar-refractivity contribution in [3.63, 3.8) is 0 Å². The fraction of sp³-hybridized carbons (Fsp3) is 0.800. The van der Waals surface area contributed by atoms with E-state index >= 15 is 0 Å². The van der Waals surface area contributed by atoms with Crippen LogP contribution in [0.15, 0.2) is 4.99 Å². The molecule has 15 heavy (non-hydrogen) atoms. The molecule has 10 heteroatoms. The van der Waals surface area contributed by atoms with Gasteiger partial charge in [-0.25, -0.2) is 4.99 Å². The van der Waals surface area contributed by atoms with E-state index in [0.717, 1.165) is 0 Å². The maximum atomic E-state index is 5.07. The highest BCUT2D eigenvalue weighted by atomic mass is 35.5. The predicted molar refractivity (Wildman–Crippen MR) is 80.4 cm³/mol. The first-order valence-corrected chi connectivity index (χ1v) is 2.87. The lowest BCUT2D eigenvalue weighted by Gasteiger charge is -2.04. The summed E-state index contributed by atoms with van der Waals surface area (Å²) in [6.45, 7) is 4.29. The number of hydrogen-bond donors (Lipinski definition) is 2. The van der Waals surface area contributed by atoms with Crippen LogP contribution in [0.3, 0.4) is 0 Å². The lowest BCUT2D eigenvalue weighted by molar-refractivity contribution is 0.0830. The predicted octanol–water partition coefficient (Wildman–Crippen LogP) is 2.17. The van der Waals surface area contributed by atoms with Gasteiger partial charge in [-0.1, -0.05) is 0 Å². The molecule has 0 aliphatic carbocycles. The van der Waals surface area contributed by atoms with E-state index in [2.05, 4.69) is 4.99 Å². The molecule has 4 nitrogen and oxygen atoms in total. The maximum absolute atomic E-state index is 5.07. The molecule has 0 aromatic heterocycles. The van der Waals surface area contributed by atoms with E-state index in [0.29, 0.717) is 6.61 Å². The van der Waals surface area contributed by atoms with Gasteiger partial charge in [0.2, 0.25) is 0 Å². The van der Waals surface area contributed by atoms with Crippen molar-refractivity contribution in [2.75, 3.05) is 6.61 Å². The Balaban J connectivity index is -0.0000000213. The van der Waals surface area contributed by atoms with Crippen molar-refractivity contribution < 1.29 is 4.74 Å². The maximum Gasteiger partial charge on any atom is 0.188 e. The zero-order valence-corrected chi connectivity index (χ0v) is 13.1. The van der Waals surface area contributed by atoms with Gasteiger partial charge >= 0.3 is 0 Å². The first-order chi connectivity index (χ1) is 4.16. The van der Waals surface area contributed by atoms with Crippen LogP contribution in [-0.2, 0) is 4.74 Å². The number of guanidine groups is 1. The Kier molecular flexibility index (Phi) is 87.2. The van der Waals surface area contributed by atoms with Gasteiger partial charge in [0, 0.05) is 6.61 Å². The highest BCUT2D eigenvalue weighted by molar-refractivity contribution is 5.86. The second kappa shape index (κ2) is 29.4. The fourth-order valence-corrected chi connectivity index (χ4v) is 0.488. The van der Waals surface area contributed by atoms with Gasteiger partial charge in [0.25, 0.3) is 0 Å². The Bertz CT molecular complexity index is 113. The average Bonchev–Trinajstić information content (AvgIpc) is 1.63. The second-order valence-corrected chi connectivity index (χ2v) is 1.61. The molecule has 0 saturated heterocycles. The van der Waals surface area contributed by atoms with Crippen LogP contribution in [0.25, 0.3) is 0 Å². The van der Waals surface area contributed by atoms with Crippen molar-refractivity contribution in [2.45, 2.75) is 20.1 Å². The summed E-state index contributed by atoms with van der Waals surface area (Å²) in [4.78, 5) is 3.72. The molecular weight excluding hydrogens is 331 g/mol. The van der Waals surface area contributed by atoms with Gasteiger partial charge in [-0.15, -0.1) is 74.4 Å². The van der Waals surface area contributed by atoms with Crippen LogP contribution in [0.2, 0.25) is 0 Å². The number of nitrogens with two attached hydrogens (primary N) is 2. The molecule has 1 unspecified atom stereocenters. The summed E-state index contributed by atoms with van der Waals surface area (Å²) in [6.07, 6.45) is -0.222. The number of halogens is 6. The zero-order valence-electron chi connectivity index (χ0n) is 8.24. The second-order valence-electron chi connectivity index (χ2n) is 1.61. The molecule has 0 rings (SSSR count). The van der Waals surface area contributed by atoms with Crippen LogP contribution in [0.1, 0.15) is 13.8 Å². The summed E-state index contributed by atoms with van der Waals surface area (Å²) in [6, 6.07) is 0. The largest absolute Gasteiger partial charge is 0.370 e. The van der Waals surface area contributed by atoms with Crippen LogP contribution < -0.4 is 11.5 Å². The molecule has 0 aromatic rings. The number of nitrogens with zero attached hydrogens (tertiary/aromatic N) is 1. The molecule has 0 aromatic carbocycles. The van der Waals surface area contributed by atoms with Gasteiger partial charge < -0.3 is 16.2 Å². The lowest BCUT2D eigenvalue weighted by atomic mass is 10.6. The first kappa shape index (κ1) is 44.5. The fourth-order valence-electron chi connectivity index (χ4n) is 0.488. The van der Waals surface area contributed by atoms with Crippen LogP contribution in [0.5, 0.6) is 0 Å². The molecule has 0 spiro atoms. The van der Waals surface area contributed by atoms with E-state index in [4.69, 9.17) is 16.2 Å². The van der Waals surface area contributed by atoms with Crippen LogP contribution in [0.4, 0.5) is 0 Å². The number of rotatable bonds is 3. The van der Waals surface area contributed by atoms with Crippen molar-refractivity contribution in [2.24, 2.45) is 16.5 Å². The van der Waals surface area contributed by atoms with E-state index in [1.54, 1.807) is 6.92 Å². The number of aliphatic imine (C=N–C) groups is 1. The van der Waals surface area contributed by atoms with Gasteiger partial charge in [-0.3, -0.25) is 0 Å². The molecular formula is C5H19Cl6N3O. The summed E-state index contributed by atoms with van der Waals surface area (Å²) >= 11 is 0. The van der Waals surface area contributed by atoms with Crippen molar-refractivity contribution >= 4 is 80.4 Å². The Hall–Kier alpha value is 0.970. The Labute approximate surface area is 128 Å². The van der Waals surface area contributed by atoms with Gasteiger partial charge in [0.05, 0.1) is 0 Å². The third-order valence-electron chi connectivity index (χ3n) is 0.739. The zero-order chi connectivity index (χ0) is 7.28. The summed E-state index contributed by atoms with van der Waals surface area (Å²) in [5, 5.41) is 0. The Morgan fingerprint density at radius 3 is 1.60 bits per heavy atom. The first-order valence-electron chi connectivity index (χ1n) is 2.87. The van der Waals surface area contributed by atoms with E-state index < -0.39 is 0 Å². The molecule has 0 amide bonds. The number of hydrogen-bond acceptors (Lipinski definition) is 2. The minimum absolute atomic E-state index is 0. The topological polar surface area (TPSA) is 73.6 Å². The molecule has 4 N–H and O–H groups in total. The van der Waals surface area contributed by atoms with E-state index in [9.17, 15) is 0 Å². The van der Waals surface area contributed by atoms with Crippen LogP contribution in [0, 0.1) is 0 Å². The molecule has 0 aliphatic rings.